The zero-order chi connectivity index (χ0) is 23.5. The van der Waals surface area contributed by atoms with E-state index in [1.165, 1.54) is 29.6 Å². The van der Waals surface area contributed by atoms with Crippen LogP contribution in [0.25, 0.3) is 0 Å². The average molecular weight is 486 g/mol. The number of hydrogen-bond donors (Lipinski definition) is 1. The molecular weight excluding hydrogens is 462 g/mol. The van der Waals surface area contributed by atoms with Gasteiger partial charge in [-0.25, -0.2) is 16.8 Å². The SMILES string of the molecule is CCOc1ccc(NS(=O)(=O)c2ccc(OC)cc2[N+](=O)[O-])cc1S(=O)(=O)N1CCCC1. The third kappa shape index (κ3) is 4.79. The summed E-state index contributed by atoms with van der Waals surface area (Å²) in [4.78, 5) is 9.80. The molecule has 0 atom stereocenters. The fourth-order valence-electron chi connectivity index (χ4n) is 3.32. The van der Waals surface area contributed by atoms with Crippen molar-refractivity contribution in [2.75, 3.05) is 31.5 Å². The molecule has 3 rings (SSSR count). The van der Waals surface area contributed by atoms with Gasteiger partial charge in [0, 0.05) is 13.1 Å². The van der Waals surface area contributed by atoms with E-state index in [2.05, 4.69) is 4.72 Å². The molecule has 174 valence electrons. The van der Waals surface area contributed by atoms with Gasteiger partial charge >= 0.3 is 0 Å². The monoisotopic (exact) mass is 485 g/mol. The number of methoxy groups -OCH3 is 1. The van der Waals surface area contributed by atoms with Gasteiger partial charge in [-0.1, -0.05) is 0 Å². The van der Waals surface area contributed by atoms with Gasteiger partial charge in [-0.05, 0) is 50.1 Å². The van der Waals surface area contributed by atoms with Gasteiger partial charge in [-0.15, -0.1) is 0 Å². The lowest BCUT2D eigenvalue weighted by Crippen LogP contribution is -2.28. The van der Waals surface area contributed by atoms with Crippen LogP contribution in [0.4, 0.5) is 11.4 Å². The maximum absolute atomic E-state index is 13.1. The summed E-state index contributed by atoms with van der Waals surface area (Å²) < 4.78 is 65.9. The van der Waals surface area contributed by atoms with Crippen LogP contribution in [0.15, 0.2) is 46.2 Å². The van der Waals surface area contributed by atoms with E-state index < -0.39 is 35.6 Å². The maximum Gasteiger partial charge on any atom is 0.293 e. The first-order valence-electron chi connectivity index (χ1n) is 9.72. The quantitative estimate of drug-likeness (QED) is 0.421. The third-order valence-electron chi connectivity index (χ3n) is 4.83. The Morgan fingerprint density at radius 1 is 1.06 bits per heavy atom. The van der Waals surface area contributed by atoms with Crippen molar-refractivity contribution in [1.82, 2.24) is 4.31 Å². The molecule has 13 heteroatoms. The number of nitrogens with zero attached hydrogens (tertiary/aromatic N) is 2. The summed E-state index contributed by atoms with van der Waals surface area (Å²) in [5.74, 6) is 0.216. The van der Waals surface area contributed by atoms with Gasteiger partial charge in [0.15, 0.2) is 4.90 Å². The lowest BCUT2D eigenvalue weighted by atomic mass is 10.3. The molecular formula is C19H23N3O8S2. The Labute approximate surface area is 186 Å². The van der Waals surface area contributed by atoms with E-state index in [0.29, 0.717) is 13.1 Å². The lowest BCUT2D eigenvalue weighted by Gasteiger charge is -2.19. The predicted molar refractivity (Wildman–Crippen MR) is 116 cm³/mol. The second-order valence-corrected chi connectivity index (χ2v) is 10.5. The zero-order valence-electron chi connectivity index (χ0n) is 17.5. The van der Waals surface area contributed by atoms with Crippen molar-refractivity contribution < 1.29 is 31.2 Å². The second-order valence-electron chi connectivity index (χ2n) is 6.90. The Kier molecular flexibility index (Phi) is 6.91. The Bertz CT molecular complexity index is 1220. The topological polar surface area (TPSA) is 145 Å². The minimum absolute atomic E-state index is 0.0728. The van der Waals surface area contributed by atoms with E-state index >= 15 is 0 Å². The van der Waals surface area contributed by atoms with Crippen molar-refractivity contribution in [2.24, 2.45) is 0 Å². The number of nitrogens with one attached hydrogen (secondary N) is 1. The highest BCUT2D eigenvalue weighted by Crippen LogP contribution is 2.34. The van der Waals surface area contributed by atoms with Crippen molar-refractivity contribution in [3.8, 4) is 11.5 Å². The van der Waals surface area contributed by atoms with Crippen molar-refractivity contribution in [3.63, 3.8) is 0 Å². The highest BCUT2D eigenvalue weighted by atomic mass is 32.2. The molecule has 1 aliphatic heterocycles. The van der Waals surface area contributed by atoms with Gasteiger partial charge < -0.3 is 9.47 Å². The number of nitro groups is 1. The van der Waals surface area contributed by atoms with E-state index in [-0.39, 0.29) is 28.7 Å². The highest BCUT2D eigenvalue weighted by molar-refractivity contribution is 7.93. The van der Waals surface area contributed by atoms with Crippen molar-refractivity contribution in [3.05, 3.63) is 46.5 Å². The summed E-state index contributed by atoms with van der Waals surface area (Å²) in [7, 11) is -7.03. The van der Waals surface area contributed by atoms with Crippen LogP contribution in [0, 0.1) is 10.1 Å². The number of ether oxygens (including phenoxy) is 2. The van der Waals surface area contributed by atoms with Gasteiger partial charge in [-0.2, -0.15) is 4.31 Å². The number of benzene rings is 2. The molecule has 0 radical (unpaired) electrons. The molecule has 0 aliphatic carbocycles. The van der Waals surface area contributed by atoms with Gasteiger partial charge in [-0.3, -0.25) is 14.8 Å². The maximum atomic E-state index is 13.1. The number of anilines is 1. The average Bonchev–Trinajstić information content (AvgIpc) is 3.30. The minimum Gasteiger partial charge on any atom is -0.497 e. The summed E-state index contributed by atoms with van der Waals surface area (Å²) in [6.07, 6.45) is 1.47. The molecule has 0 spiro atoms. The molecule has 0 bridgehead atoms. The first-order chi connectivity index (χ1) is 15.1. The Morgan fingerprint density at radius 3 is 2.34 bits per heavy atom. The lowest BCUT2D eigenvalue weighted by molar-refractivity contribution is -0.387. The van der Waals surface area contributed by atoms with Crippen molar-refractivity contribution in [2.45, 2.75) is 29.6 Å². The first kappa shape index (κ1) is 23.8. The molecule has 32 heavy (non-hydrogen) atoms. The molecule has 1 aliphatic rings. The third-order valence-corrected chi connectivity index (χ3v) is 8.18. The molecule has 0 aromatic heterocycles. The zero-order valence-corrected chi connectivity index (χ0v) is 19.1. The number of hydrogen-bond acceptors (Lipinski definition) is 8. The van der Waals surface area contributed by atoms with Crippen LogP contribution in [0.5, 0.6) is 11.5 Å². The standard InChI is InChI=1S/C19H23N3O8S2/c1-3-30-17-8-6-14(12-19(17)32(27,28)21-10-4-5-11-21)20-31(25,26)18-9-7-15(29-2)13-16(18)22(23)24/h6-9,12-13,20H,3-5,10-11H2,1-2H3. The number of nitro benzene ring substituents is 1. The number of sulfonamides is 2. The molecule has 0 unspecified atom stereocenters. The highest BCUT2D eigenvalue weighted by Gasteiger charge is 2.32. The van der Waals surface area contributed by atoms with E-state index in [9.17, 15) is 26.9 Å². The van der Waals surface area contributed by atoms with Crippen LogP contribution < -0.4 is 14.2 Å². The molecule has 0 amide bonds. The Balaban J connectivity index is 2.03. The number of rotatable bonds is 9. The van der Waals surface area contributed by atoms with Crippen LogP contribution in [0.1, 0.15) is 19.8 Å². The van der Waals surface area contributed by atoms with Crippen molar-refractivity contribution >= 4 is 31.4 Å². The van der Waals surface area contributed by atoms with Crippen LogP contribution in [-0.2, 0) is 20.0 Å². The van der Waals surface area contributed by atoms with E-state index in [1.54, 1.807) is 6.92 Å². The van der Waals surface area contributed by atoms with Crippen LogP contribution in [0.3, 0.4) is 0 Å². The van der Waals surface area contributed by atoms with Gasteiger partial charge in [0.2, 0.25) is 10.0 Å². The predicted octanol–water partition coefficient (Wildman–Crippen LogP) is 2.59. The van der Waals surface area contributed by atoms with Gasteiger partial charge in [0.1, 0.15) is 16.4 Å². The Morgan fingerprint density at radius 2 is 1.75 bits per heavy atom. The van der Waals surface area contributed by atoms with Crippen LogP contribution in [-0.4, -0.2) is 52.9 Å². The molecule has 0 saturated carbocycles. The molecule has 2 aromatic carbocycles. The van der Waals surface area contributed by atoms with Crippen molar-refractivity contribution in [1.29, 1.82) is 0 Å². The first-order valence-corrected chi connectivity index (χ1v) is 12.6. The van der Waals surface area contributed by atoms with Gasteiger partial charge in [0.25, 0.3) is 15.7 Å². The van der Waals surface area contributed by atoms with Crippen LogP contribution >= 0.6 is 0 Å². The normalized spacial score (nSPS) is 14.8. The molecule has 1 saturated heterocycles. The molecule has 2 aromatic rings. The van der Waals surface area contributed by atoms with E-state index in [4.69, 9.17) is 9.47 Å². The fraction of sp³-hybridized carbons (Fsp3) is 0.368. The van der Waals surface area contributed by atoms with E-state index in [1.807, 2.05) is 0 Å². The molecule has 11 nitrogen and oxygen atoms in total. The smallest absolute Gasteiger partial charge is 0.293 e. The van der Waals surface area contributed by atoms with Gasteiger partial charge in [0.05, 0.1) is 30.4 Å². The summed E-state index contributed by atoms with van der Waals surface area (Å²) in [5.41, 5.74) is -0.746. The minimum atomic E-state index is -4.42. The van der Waals surface area contributed by atoms with Crippen LogP contribution in [0.2, 0.25) is 0 Å². The summed E-state index contributed by atoms with van der Waals surface area (Å²) in [5, 5.41) is 11.4. The molecule has 1 fully saturated rings. The second kappa shape index (κ2) is 9.30. The Hall–Kier alpha value is -2.90. The van der Waals surface area contributed by atoms with E-state index in [0.717, 1.165) is 31.0 Å². The summed E-state index contributed by atoms with van der Waals surface area (Å²) >= 11 is 0. The summed E-state index contributed by atoms with van der Waals surface area (Å²) in [6, 6.07) is 7.17. The molecule has 1 N–H and O–H groups in total. The summed E-state index contributed by atoms with van der Waals surface area (Å²) in [6.45, 7) is 2.64. The fourth-order valence-corrected chi connectivity index (χ4v) is 6.20. The largest absolute Gasteiger partial charge is 0.497 e. The molecule has 1 heterocycles.